The van der Waals surface area contributed by atoms with Gasteiger partial charge in [0.15, 0.2) is 21.3 Å². The van der Waals surface area contributed by atoms with Crippen LogP contribution < -0.4 is 14.2 Å². The molecule has 1 aliphatic rings. The largest absolute Gasteiger partial charge is 0.493 e. The van der Waals surface area contributed by atoms with Crippen molar-refractivity contribution in [3.05, 3.63) is 17.7 Å². The number of nitrogens with zero attached hydrogens (tertiary/aromatic N) is 1. The minimum absolute atomic E-state index is 0.0435. The van der Waals surface area contributed by atoms with Gasteiger partial charge in [0, 0.05) is 12.6 Å². The Balaban J connectivity index is 2.21. The molecule has 7 nitrogen and oxygen atoms in total. The highest BCUT2D eigenvalue weighted by Crippen LogP contribution is 2.38. The topological polar surface area (TPSA) is 82.1 Å². The van der Waals surface area contributed by atoms with Crippen LogP contribution in [0.15, 0.2) is 12.1 Å². The Morgan fingerprint density at radius 3 is 2.16 bits per heavy atom. The van der Waals surface area contributed by atoms with E-state index in [1.54, 1.807) is 17.0 Å². The minimum atomic E-state index is -3.04. The second kappa shape index (κ2) is 7.95. The first kappa shape index (κ1) is 19.4. The van der Waals surface area contributed by atoms with Gasteiger partial charge in [0.05, 0.1) is 39.3 Å². The molecule has 25 heavy (non-hydrogen) atoms. The summed E-state index contributed by atoms with van der Waals surface area (Å²) >= 11 is 0. The van der Waals surface area contributed by atoms with Gasteiger partial charge in [-0.1, -0.05) is 0 Å². The summed E-state index contributed by atoms with van der Waals surface area (Å²) in [6.45, 7) is 2.33. The fourth-order valence-electron chi connectivity index (χ4n) is 3.17. The van der Waals surface area contributed by atoms with Gasteiger partial charge < -0.3 is 19.1 Å². The molecule has 1 unspecified atom stereocenters. The Morgan fingerprint density at radius 2 is 1.76 bits per heavy atom. The van der Waals surface area contributed by atoms with Crippen LogP contribution in [0.2, 0.25) is 0 Å². The summed E-state index contributed by atoms with van der Waals surface area (Å²) in [5, 5.41) is 0. The van der Waals surface area contributed by atoms with E-state index >= 15 is 0 Å². The Hall–Kier alpha value is -1.96. The number of hydrogen-bond donors (Lipinski definition) is 0. The summed E-state index contributed by atoms with van der Waals surface area (Å²) in [4.78, 5) is 14.4. The molecule has 140 valence electrons. The van der Waals surface area contributed by atoms with Crippen molar-refractivity contribution in [1.82, 2.24) is 4.90 Å². The van der Waals surface area contributed by atoms with Gasteiger partial charge in [0.25, 0.3) is 0 Å². The van der Waals surface area contributed by atoms with E-state index in [4.69, 9.17) is 14.2 Å². The second-order valence-electron chi connectivity index (χ2n) is 5.95. The molecule has 1 fully saturated rings. The molecular formula is C17H25NO6S. The lowest BCUT2D eigenvalue weighted by molar-refractivity contribution is -0.132. The quantitative estimate of drug-likeness (QED) is 0.718. The molecule has 0 saturated carbocycles. The van der Waals surface area contributed by atoms with E-state index in [0.717, 1.165) is 5.56 Å². The summed E-state index contributed by atoms with van der Waals surface area (Å²) in [6, 6.07) is 3.22. The van der Waals surface area contributed by atoms with Crippen molar-refractivity contribution in [1.29, 1.82) is 0 Å². The first-order valence-electron chi connectivity index (χ1n) is 8.14. The highest BCUT2D eigenvalue weighted by atomic mass is 32.2. The van der Waals surface area contributed by atoms with E-state index in [0.29, 0.717) is 30.2 Å². The smallest absolute Gasteiger partial charge is 0.227 e. The molecule has 0 aliphatic carbocycles. The van der Waals surface area contributed by atoms with Crippen LogP contribution in [-0.2, 0) is 21.1 Å². The van der Waals surface area contributed by atoms with E-state index in [1.807, 2.05) is 6.92 Å². The molecule has 0 N–H and O–H groups in total. The van der Waals surface area contributed by atoms with Crippen molar-refractivity contribution in [3.8, 4) is 17.2 Å². The van der Waals surface area contributed by atoms with Crippen LogP contribution in [-0.4, -0.2) is 64.6 Å². The van der Waals surface area contributed by atoms with Gasteiger partial charge in [0.2, 0.25) is 11.7 Å². The number of amides is 1. The van der Waals surface area contributed by atoms with Crippen LogP contribution in [0.25, 0.3) is 0 Å². The van der Waals surface area contributed by atoms with Crippen molar-refractivity contribution in [2.75, 3.05) is 39.4 Å². The van der Waals surface area contributed by atoms with E-state index in [2.05, 4.69) is 0 Å². The van der Waals surface area contributed by atoms with Gasteiger partial charge in [-0.05, 0) is 31.0 Å². The molecule has 1 heterocycles. The van der Waals surface area contributed by atoms with Crippen LogP contribution in [0, 0.1) is 0 Å². The normalized spacial score (nSPS) is 18.6. The highest BCUT2D eigenvalue weighted by Gasteiger charge is 2.33. The van der Waals surface area contributed by atoms with E-state index in [9.17, 15) is 13.2 Å². The maximum absolute atomic E-state index is 12.7. The van der Waals surface area contributed by atoms with Crippen molar-refractivity contribution in [3.63, 3.8) is 0 Å². The number of methoxy groups -OCH3 is 3. The lowest BCUT2D eigenvalue weighted by Gasteiger charge is -2.27. The van der Waals surface area contributed by atoms with Crippen LogP contribution in [0.1, 0.15) is 18.9 Å². The zero-order valence-corrected chi connectivity index (χ0v) is 15.9. The molecule has 0 aromatic heterocycles. The van der Waals surface area contributed by atoms with Crippen LogP contribution in [0.5, 0.6) is 17.2 Å². The van der Waals surface area contributed by atoms with Gasteiger partial charge in [-0.3, -0.25) is 4.79 Å². The molecule has 0 bridgehead atoms. The van der Waals surface area contributed by atoms with Gasteiger partial charge >= 0.3 is 0 Å². The molecule has 0 spiro atoms. The third-order valence-corrected chi connectivity index (χ3v) is 6.14. The van der Waals surface area contributed by atoms with Crippen LogP contribution in [0.4, 0.5) is 0 Å². The summed E-state index contributed by atoms with van der Waals surface area (Å²) in [5.74, 6) is 1.51. The van der Waals surface area contributed by atoms with Crippen molar-refractivity contribution in [2.24, 2.45) is 0 Å². The lowest BCUT2D eigenvalue weighted by Crippen LogP contribution is -2.41. The number of ether oxygens (including phenoxy) is 3. The fourth-order valence-corrected chi connectivity index (χ4v) is 4.90. The second-order valence-corrected chi connectivity index (χ2v) is 8.18. The number of carbonyl (C=O) groups excluding carboxylic acids is 1. The van der Waals surface area contributed by atoms with Crippen molar-refractivity contribution >= 4 is 15.7 Å². The van der Waals surface area contributed by atoms with Crippen molar-refractivity contribution in [2.45, 2.75) is 25.8 Å². The summed E-state index contributed by atoms with van der Waals surface area (Å²) < 4.78 is 39.3. The molecular weight excluding hydrogens is 346 g/mol. The third-order valence-electron chi connectivity index (χ3n) is 4.39. The fraction of sp³-hybridized carbons (Fsp3) is 0.588. The standard InChI is InChI=1S/C17H25NO6S/c1-5-18(13-6-7-25(20,21)11-13)16(19)10-12-8-14(22-2)17(24-4)15(9-12)23-3/h8-9,13H,5-7,10-11H2,1-4H3. The number of hydrogen-bond acceptors (Lipinski definition) is 6. The van der Waals surface area contributed by atoms with Gasteiger partial charge in [0.1, 0.15) is 0 Å². The Kier molecular flexibility index (Phi) is 6.16. The average molecular weight is 371 g/mol. The van der Waals surface area contributed by atoms with Gasteiger partial charge in [-0.2, -0.15) is 0 Å². The zero-order chi connectivity index (χ0) is 18.6. The van der Waals surface area contributed by atoms with Gasteiger partial charge in [-0.15, -0.1) is 0 Å². The number of likely N-dealkylation sites (N-methyl/N-ethyl adjacent to an activating group) is 1. The summed E-state index contributed by atoms with van der Waals surface area (Å²) in [6.07, 6.45) is 0.637. The van der Waals surface area contributed by atoms with Gasteiger partial charge in [-0.25, -0.2) is 8.42 Å². The van der Waals surface area contributed by atoms with E-state index in [1.165, 1.54) is 21.3 Å². The Labute approximate surface area is 148 Å². The lowest BCUT2D eigenvalue weighted by atomic mass is 10.1. The molecule has 0 radical (unpaired) electrons. The number of benzene rings is 1. The predicted molar refractivity (Wildman–Crippen MR) is 94.2 cm³/mol. The van der Waals surface area contributed by atoms with E-state index in [-0.39, 0.29) is 29.9 Å². The van der Waals surface area contributed by atoms with Crippen molar-refractivity contribution < 1.29 is 27.4 Å². The molecule has 1 aromatic carbocycles. The molecule has 1 saturated heterocycles. The summed E-state index contributed by atoms with van der Waals surface area (Å²) in [5.41, 5.74) is 0.721. The average Bonchev–Trinajstić information content (AvgIpc) is 2.94. The number of carbonyl (C=O) groups is 1. The Bertz CT molecular complexity index is 706. The Morgan fingerprint density at radius 1 is 1.16 bits per heavy atom. The maximum Gasteiger partial charge on any atom is 0.227 e. The minimum Gasteiger partial charge on any atom is -0.493 e. The van der Waals surface area contributed by atoms with E-state index < -0.39 is 9.84 Å². The predicted octanol–water partition coefficient (Wildman–Crippen LogP) is 1.29. The zero-order valence-electron chi connectivity index (χ0n) is 15.1. The third kappa shape index (κ3) is 4.36. The molecule has 1 aliphatic heterocycles. The molecule has 2 rings (SSSR count). The molecule has 1 amide bonds. The first-order chi connectivity index (χ1) is 11.8. The SMILES string of the molecule is CCN(C(=O)Cc1cc(OC)c(OC)c(OC)c1)C1CCS(=O)(=O)C1. The first-order valence-corrected chi connectivity index (χ1v) is 9.96. The van der Waals surface area contributed by atoms with Crippen LogP contribution >= 0.6 is 0 Å². The summed E-state index contributed by atoms with van der Waals surface area (Å²) in [7, 11) is 1.52. The maximum atomic E-state index is 12.7. The molecule has 8 heteroatoms. The highest BCUT2D eigenvalue weighted by molar-refractivity contribution is 7.91. The number of sulfone groups is 1. The molecule has 1 aromatic rings. The number of rotatable bonds is 7. The monoisotopic (exact) mass is 371 g/mol. The van der Waals surface area contributed by atoms with Crippen LogP contribution in [0.3, 0.4) is 0 Å². The molecule has 1 atom stereocenters.